The lowest BCUT2D eigenvalue weighted by Crippen LogP contribution is -2.35. The molecule has 0 saturated heterocycles. The van der Waals surface area contributed by atoms with Gasteiger partial charge in [0, 0.05) is 41.5 Å². The highest BCUT2D eigenvalue weighted by Gasteiger charge is 2.27. The van der Waals surface area contributed by atoms with E-state index >= 15 is 0 Å². The van der Waals surface area contributed by atoms with Gasteiger partial charge in [-0.25, -0.2) is 9.97 Å². The molecule has 3 aromatic heterocycles. The van der Waals surface area contributed by atoms with Crippen LogP contribution in [0.5, 0.6) is 0 Å². The molecular formula is C30H27N5OS. The van der Waals surface area contributed by atoms with Crippen molar-refractivity contribution in [3.63, 3.8) is 0 Å². The molecule has 0 saturated carbocycles. The third kappa shape index (κ3) is 4.95. The van der Waals surface area contributed by atoms with Crippen molar-refractivity contribution in [1.82, 2.24) is 19.9 Å². The van der Waals surface area contributed by atoms with Crippen LogP contribution in [0.2, 0.25) is 0 Å². The maximum absolute atomic E-state index is 13.1. The van der Waals surface area contributed by atoms with E-state index in [0.717, 1.165) is 53.0 Å². The van der Waals surface area contributed by atoms with Crippen LogP contribution < -0.4 is 5.32 Å². The summed E-state index contributed by atoms with van der Waals surface area (Å²) in [6.07, 6.45) is 6.35. The van der Waals surface area contributed by atoms with Crippen molar-refractivity contribution in [1.29, 1.82) is 0 Å². The van der Waals surface area contributed by atoms with Gasteiger partial charge in [-0.2, -0.15) is 0 Å². The van der Waals surface area contributed by atoms with Gasteiger partial charge < -0.3 is 10.2 Å². The zero-order chi connectivity index (χ0) is 25.0. The Labute approximate surface area is 220 Å². The van der Waals surface area contributed by atoms with Crippen LogP contribution in [-0.4, -0.2) is 38.8 Å². The predicted molar refractivity (Wildman–Crippen MR) is 149 cm³/mol. The topological polar surface area (TPSA) is 71.0 Å². The van der Waals surface area contributed by atoms with Crippen LogP contribution in [0.1, 0.15) is 32.8 Å². The summed E-state index contributed by atoms with van der Waals surface area (Å²) in [5, 5.41) is 4.72. The van der Waals surface area contributed by atoms with E-state index in [1.54, 1.807) is 23.7 Å². The molecular weight excluding hydrogens is 478 g/mol. The van der Waals surface area contributed by atoms with Crippen molar-refractivity contribution in [2.75, 3.05) is 18.4 Å². The molecule has 4 heterocycles. The van der Waals surface area contributed by atoms with E-state index in [4.69, 9.17) is 9.97 Å². The summed E-state index contributed by atoms with van der Waals surface area (Å²) in [5.74, 6) is 1.65. The first-order valence-electron chi connectivity index (χ1n) is 12.6. The van der Waals surface area contributed by atoms with E-state index in [1.807, 2.05) is 53.4 Å². The summed E-state index contributed by atoms with van der Waals surface area (Å²) >= 11 is 1.67. The third-order valence-electron chi connectivity index (χ3n) is 6.72. The van der Waals surface area contributed by atoms with Crippen molar-refractivity contribution >= 4 is 33.3 Å². The van der Waals surface area contributed by atoms with Crippen molar-refractivity contribution in [3.8, 4) is 11.4 Å². The lowest BCUT2D eigenvalue weighted by atomic mass is 10.0. The molecule has 0 unspecified atom stereocenters. The van der Waals surface area contributed by atoms with Crippen molar-refractivity contribution in [2.24, 2.45) is 0 Å². The van der Waals surface area contributed by atoms with Crippen LogP contribution in [0.4, 0.5) is 5.82 Å². The van der Waals surface area contributed by atoms with Gasteiger partial charge in [-0.1, -0.05) is 48.5 Å². The summed E-state index contributed by atoms with van der Waals surface area (Å²) in [5.41, 5.74) is 4.28. The van der Waals surface area contributed by atoms with Crippen LogP contribution >= 0.6 is 11.3 Å². The minimum atomic E-state index is 0.0755. The molecule has 1 aliphatic rings. The standard InChI is InChI=1S/C30H27N5OS/c36-30(23-11-5-2-6-12-23)35-19-15-24-25(20-35)37-29-26(24)28(32-16-7-10-21-8-3-1-4-9-21)33-27(34-29)22-13-17-31-18-14-22/h1-6,8-9,11-14,17-18H,7,10,15-16,19-20H2,(H,32,33,34). The molecule has 1 aliphatic heterocycles. The van der Waals surface area contributed by atoms with E-state index in [0.29, 0.717) is 18.9 Å². The average molecular weight is 506 g/mol. The second-order valence-corrected chi connectivity index (χ2v) is 10.3. The zero-order valence-corrected chi connectivity index (χ0v) is 21.2. The van der Waals surface area contributed by atoms with Crippen LogP contribution in [0.3, 0.4) is 0 Å². The fraction of sp³-hybridized carbons (Fsp3) is 0.200. The highest BCUT2D eigenvalue weighted by Crippen LogP contribution is 2.39. The van der Waals surface area contributed by atoms with E-state index in [-0.39, 0.29) is 5.91 Å². The Morgan fingerprint density at radius 2 is 1.70 bits per heavy atom. The van der Waals surface area contributed by atoms with Crippen molar-refractivity contribution in [3.05, 3.63) is 107 Å². The van der Waals surface area contributed by atoms with Gasteiger partial charge in [0.25, 0.3) is 5.91 Å². The van der Waals surface area contributed by atoms with Gasteiger partial charge in [-0.05, 0) is 54.7 Å². The number of pyridine rings is 1. The molecule has 37 heavy (non-hydrogen) atoms. The molecule has 2 aromatic carbocycles. The molecule has 7 heteroatoms. The van der Waals surface area contributed by atoms with Crippen LogP contribution in [0.25, 0.3) is 21.6 Å². The number of amides is 1. The van der Waals surface area contributed by atoms with Gasteiger partial charge in [0.2, 0.25) is 0 Å². The number of carbonyl (C=O) groups is 1. The van der Waals surface area contributed by atoms with Gasteiger partial charge in [-0.15, -0.1) is 11.3 Å². The minimum Gasteiger partial charge on any atom is -0.369 e. The fourth-order valence-corrected chi connectivity index (χ4v) is 6.07. The van der Waals surface area contributed by atoms with E-state index < -0.39 is 0 Å². The Morgan fingerprint density at radius 3 is 2.49 bits per heavy atom. The summed E-state index contributed by atoms with van der Waals surface area (Å²) in [6, 6.07) is 24.0. The molecule has 6 rings (SSSR count). The quantitative estimate of drug-likeness (QED) is 0.275. The van der Waals surface area contributed by atoms with Gasteiger partial charge in [0.15, 0.2) is 5.82 Å². The number of nitrogens with zero attached hydrogens (tertiary/aromatic N) is 4. The lowest BCUT2D eigenvalue weighted by molar-refractivity contribution is 0.0737. The van der Waals surface area contributed by atoms with E-state index in [1.165, 1.54) is 16.0 Å². The minimum absolute atomic E-state index is 0.0755. The highest BCUT2D eigenvalue weighted by atomic mass is 32.1. The van der Waals surface area contributed by atoms with Gasteiger partial charge in [-0.3, -0.25) is 9.78 Å². The first-order chi connectivity index (χ1) is 18.3. The van der Waals surface area contributed by atoms with E-state index in [9.17, 15) is 4.79 Å². The summed E-state index contributed by atoms with van der Waals surface area (Å²) in [7, 11) is 0. The molecule has 0 bridgehead atoms. The maximum atomic E-state index is 13.1. The Kier molecular flexibility index (Phi) is 6.60. The van der Waals surface area contributed by atoms with Crippen molar-refractivity contribution < 1.29 is 4.79 Å². The molecule has 0 atom stereocenters. The molecule has 184 valence electrons. The number of aromatic nitrogens is 3. The molecule has 0 spiro atoms. The van der Waals surface area contributed by atoms with Gasteiger partial charge in [0.05, 0.1) is 11.9 Å². The Morgan fingerprint density at radius 1 is 0.946 bits per heavy atom. The van der Waals surface area contributed by atoms with Crippen LogP contribution in [0.15, 0.2) is 85.2 Å². The second kappa shape index (κ2) is 10.5. The Bertz CT molecular complexity index is 1520. The largest absolute Gasteiger partial charge is 0.369 e. The smallest absolute Gasteiger partial charge is 0.254 e. The number of thiophene rings is 1. The zero-order valence-electron chi connectivity index (χ0n) is 20.4. The number of carbonyl (C=O) groups excluding carboxylic acids is 1. The number of rotatable bonds is 7. The summed E-state index contributed by atoms with van der Waals surface area (Å²) < 4.78 is 0. The Balaban J connectivity index is 1.30. The van der Waals surface area contributed by atoms with Crippen LogP contribution in [0, 0.1) is 0 Å². The highest BCUT2D eigenvalue weighted by molar-refractivity contribution is 7.19. The maximum Gasteiger partial charge on any atom is 0.254 e. The molecule has 1 amide bonds. The molecule has 1 N–H and O–H groups in total. The molecule has 0 radical (unpaired) electrons. The monoisotopic (exact) mass is 505 g/mol. The summed E-state index contributed by atoms with van der Waals surface area (Å²) in [6.45, 7) is 2.11. The number of anilines is 1. The first-order valence-corrected chi connectivity index (χ1v) is 13.4. The number of nitrogens with one attached hydrogen (secondary N) is 1. The molecule has 6 nitrogen and oxygen atoms in total. The predicted octanol–water partition coefficient (Wildman–Crippen LogP) is 6.00. The van der Waals surface area contributed by atoms with Gasteiger partial charge >= 0.3 is 0 Å². The van der Waals surface area contributed by atoms with Crippen LogP contribution in [-0.2, 0) is 19.4 Å². The normalized spacial score (nSPS) is 12.9. The van der Waals surface area contributed by atoms with Gasteiger partial charge in [0.1, 0.15) is 10.6 Å². The number of fused-ring (bicyclic) bond motifs is 3. The summed E-state index contributed by atoms with van der Waals surface area (Å²) in [4.78, 5) is 31.3. The third-order valence-corrected chi connectivity index (χ3v) is 7.83. The average Bonchev–Trinajstić information content (AvgIpc) is 3.34. The van der Waals surface area contributed by atoms with Crippen molar-refractivity contribution in [2.45, 2.75) is 25.8 Å². The molecule has 0 fully saturated rings. The first kappa shape index (κ1) is 23.3. The number of hydrogen-bond donors (Lipinski definition) is 1. The van der Waals surface area contributed by atoms with E-state index in [2.05, 4.69) is 34.6 Å². The SMILES string of the molecule is O=C(c1ccccc1)N1CCc2c(sc3nc(-c4ccncc4)nc(NCCCc4ccccc4)c23)C1. The lowest BCUT2D eigenvalue weighted by Gasteiger charge is -2.27. The number of hydrogen-bond acceptors (Lipinski definition) is 6. The number of aryl methyl sites for hydroxylation is 1. The molecule has 0 aliphatic carbocycles. The molecule has 5 aromatic rings. The fourth-order valence-electron chi connectivity index (χ4n) is 4.83. The number of benzene rings is 2. The second-order valence-electron chi connectivity index (χ2n) is 9.17. The Hall–Kier alpha value is -4.10.